The van der Waals surface area contributed by atoms with Crippen LogP contribution in [0.1, 0.15) is 35.2 Å². The summed E-state index contributed by atoms with van der Waals surface area (Å²) in [6.45, 7) is 7.80. The molecule has 2 aliphatic rings. The number of nitrogens with one attached hydrogen (secondary N) is 2. The lowest BCUT2D eigenvalue weighted by Gasteiger charge is -2.54. The molecule has 0 radical (unpaired) electrons. The van der Waals surface area contributed by atoms with E-state index in [9.17, 15) is 9.59 Å². The number of fused-ring (bicyclic) bond motifs is 4. The third kappa shape index (κ3) is 3.42. The van der Waals surface area contributed by atoms with Crippen molar-refractivity contribution < 1.29 is 14.3 Å². The van der Waals surface area contributed by atoms with Gasteiger partial charge in [0.15, 0.2) is 0 Å². The van der Waals surface area contributed by atoms with Crippen molar-refractivity contribution in [3.63, 3.8) is 0 Å². The van der Waals surface area contributed by atoms with E-state index in [-0.39, 0.29) is 11.9 Å². The van der Waals surface area contributed by atoms with Gasteiger partial charge in [0.2, 0.25) is 11.6 Å². The molecule has 3 aromatic carbocycles. The Balaban J connectivity index is 1.63. The molecule has 3 atom stereocenters. The third-order valence-corrected chi connectivity index (χ3v) is 6.59. The number of nitrogens with zero attached hydrogens (tertiary/aromatic N) is 1. The smallest absolute Gasteiger partial charge is 0.325 e. The van der Waals surface area contributed by atoms with Crippen LogP contribution in [0.4, 0.5) is 16.2 Å². The molecule has 2 N–H and O–H groups in total. The van der Waals surface area contributed by atoms with E-state index < -0.39 is 17.7 Å². The predicted octanol–water partition coefficient (Wildman–Crippen LogP) is 5.25. The first kappa shape index (κ1) is 21.1. The minimum atomic E-state index is -1.22. The molecule has 2 heterocycles. The molecule has 6 nitrogen and oxygen atoms in total. The molecule has 3 aromatic rings. The van der Waals surface area contributed by atoms with Gasteiger partial charge in [0.25, 0.3) is 0 Å². The normalized spacial score (nSPS) is 23.3. The highest BCUT2D eigenvalue weighted by molar-refractivity contribution is 6.01. The van der Waals surface area contributed by atoms with Gasteiger partial charge < -0.3 is 15.4 Å². The molecular weight excluding hydrogens is 414 g/mol. The van der Waals surface area contributed by atoms with E-state index in [0.717, 1.165) is 27.9 Å². The molecule has 6 heteroatoms. The number of para-hydroxylation sites is 1. The first-order valence-electron chi connectivity index (χ1n) is 11.1. The summed E-state index contributed by atoms with van der Waals surface area (Å²) in [6.07, 6.45) is 0. The lowest BCUT2D eigenvalue weighted by molar-refractivity contribution is -0.131. The summed E-state index contributed by atoms with van der Waals surface area (Å²) in [5, 5.41) is 6.19. The second-order valence-corrected chi connectivity index (χ2v) is 9.08. The lowest BCUT2D eigenvalue weighted by Crippen LogP contribution is -2.72. The Morgan fingerprint density at radius 3 is 2.42 bits per heavy atom. The minimum Gasteiger partial charge on any atom is -0.466 e. The van der Waals surface area contributed by atoms with Gasteiger partial charge in [-0.2, -0.15) is 0 Å². The van der Waals surface area contributed by atoms with E-state index in [1.807, 2.05) is 94.4 Å². The number of carbonyl (C=O) groups excluding carboxylic acids is 2. The highest BCUT2D eigenvalue weighted by Crippen LogP contribution is 2.50. The van der Waals surface area contributed by atoms with Gasteiger partial charge in [0.1, 0.15) is 11.7 Å². The van der Waals surface area contributed by atoms with E-state index in [1.165, 1.54) is 0 Å². The number of anilines is 2. The molecule has 0 aliphatic carbocycles. The first-order valence-corrected chi connectivity index (χ1v) is 11.1. The van der Waals surface area contributed by atoms with Gasteiger partial charge in [-0.25, -0.2) is 4.79 Å². The number of hydrogen-bond donors (Lipinski definition) is 2. The monoisotopic (exact) mass is 441 g/mol. The zero-order valence-electron chi connectivity index (χ0n) is 19.2. The molecule has 5 rings (SSSR count). The summed E-state index contributed by atoms with van der Waals surface area (Å²) in [4.78, 5) is 28.7. The minimum absolute atomic E-state index is 0.206. The van der Waals surface area contributed by atoms with Gasteiger partial charge in [-0.3, -0.25) is 9.69 Å². The van der Waals surface area contributed by atoms with Crippen LogP contribution < -0.4 is 20.3 Å². The average Bonchev–Trinajstić information content (AvgIpc) is 2.76. The molecule has 1 saturated heterocycles. The molecule has 3 amide bonds. The quantitative estimate of drug-likeness (QED) is 0.583. The molecule has 0 saturated carbocycles. The summed E-state index contributed by atoms with van der Waals surface area (Å²) >= 11 is 0. The van der Waals surface area contributed by atoms with Crippen molar-refractivity contribution in [2.24, 2.45) is 5.92 Å². The van der Waals surface area contributed by atoms with Crippen LogP contribution in [0.25, 0.3) is 0 Å². The Bertz CT molecular complexity index is 1260. The molecule has 2 bridgehead atoms. The van der Waals surface area contributed by atoms with Crippen LogP contribution in [0.2, 0.25) is 0 Å². The van der Waals surface area contributed by atoms with Crippen molar-refractivity contribution in [2.75, 3.05) is 10.2 Å². The summed E-state index contributed by atoms with van der Waals surface area (Å²) in [7, 11) is 0. The summed E-state index contributed by atoms with van der Waals surface area (Å²) in [6, 6.07) is 20.3. The number of urea groups is 1. The van der Waals surface area contributed by atoms with Gasteiger partial charge in [-0.15, -0.1) is 0 Å². The highest BCUT2D eigenvalue weighted by atomic mass is 16.5. The second-order valence-electron chi connectivity index (χ2n) is 9.08. The Morgan fingerprint density at radius 1 is 1.00 bits per heavy atom. The predicted molar refractivity (Wildman–Crippen MR) is 128 cm³/mol. The van der Waals surface area contributed by atoms with Crippen LogP contribution in [0.15, 0.2) is 66.7 Å². The van der Waals surface area contributed by atoms with Crippen molar-refractivity contribution in [1.82, 2.24) is 5.32 Å². The SMILES string of the molecule is Cc1ccc(NC(=O)[C@@H]2[C@H]3NC(=O)N(c4ccccc4)[C@@]2(C)Oc2ccc(C)cc23)c(C)c1. The zero-order valence-corrected chi connectivity index (χ0v) is 19.2. The fourth-order valence-electron chi connectivity index (χ4n) is 5.03. The molecule has 2 aliphatic heterocycles. The van der Waals surface area contributed by atoms with E-state index >= 15 is 0 Å². The molecule has 33 heavy (non-hydrogen) atoms. The third-order valence-electron chi connectivity index (χ3n) is 6.59. The van der Waals surface area contributed by atoms with Crippen molar-refractivity contribution in [3.8, 4) is 5.75 Å². The van der Waals surface area contributed by atoms with Crippen molar-refractivity contribution in [3.05, 3.63) is 89.0 Å². The Hall–Kier alpha value is -3.80. The largest absolute Gasteiger partial charge is 0.466 e. The number of aryl methyl sites for hydroxylation is 3. The maximum atomic E-state index is 13.8. The summed E-state index contributed by atoms with van der Waals surface area (Å²) in [5.74, 6) is -0.224. The molecule has 1 fully saturated rings. The van der Waals surface area contributed by atoms with Crippen LogP contribution in [0.5, 0.6) is 5.75 Å². The van der Waals surface area contributed by atoms with Gasteiger partial charge >= 0.3 is 6.03 Å². The van der Waals surface area contributed by atoms with E-state index in [1.54, 1.807) is 4.90 Å². The first-order chi connectivity index (χ1) is 15.8. The molecule has 0 spiro atoms. The Labute approximate surface area is 193 Å². The lowest BCUT2D eigenvalue weighted by atomic mass is 9.78. The van der Waals surface area contributed by atoms with Gasteiger partial charge in [0, 0.05) is 16.9 Å². The van der Waals surface area contributed by atoms with Crippen molar-refractivity contribution in [2.45, 2.75) is 39.5 Å². The van der Waals surface area contributed by atoms with Gasteiger partial charge in [-0.05, 0) is 57.5 Å². The average molecular weight is 442 g/mol. The zero-order chi connectivity index (χ0) is 23.3. The van der Waals surface area contributed by atoms with Crippen molar-refractivity contribution >= 4 is 23.3 Å². The molecule has 0 unspecified atom stereocenters. The number of rotatable bonds is 3. The Kier molecular flexibility index (Phi) is 4.89. The summed E-state index contributed by atoms with van der Waals surface area (Å²) < 4.78 is 6.51. The topological polar surface area (TPSA) is 70.7 Å². The second kappa shape index (κ2) is 7.66. The van der Waals surface area contributed by atoms with E-state index in [4.69, 9.17) is 4.74 Å². The van der Waals surface area contributed by atoms with E-state index in [0.29, 0.717) is 11.4 Å². The van der Waals surface area contributed by atoms with Gasteiger partial charge in [0.05, 0.1) is 6.04 Å². The number of benzene rings is 3. The van der Waals surface area contributed by atoms with Crippen LogP contribution >= 0.6 is 0 Å². The number of ether oxygens (including phenoxy) is 1. The van der Waals surface area contributed by atoms with E-state index in [2.05, 4.69) is 10.6 Å². The fourth-order valence-corrected chi connectivity index (χ4v) is 5.03. The standard InChI is InChI=1S/C27H27N3O3/c1-16-10-12-21(18(3)14-16)28-25(31)23-24-20-15-17(2)11-13-22(20)33-27(23,4)30(26(32)29-24)19-8-6-5-7-9-19/h5-15,23-24H,1-4H3,(H,28,31)(H,29,32)/t23-,24-,27-/m0/s1. The molecule has 0 aromatic heterocycles. The maximum absolute atomic E-state index is 13.8. The summed E-state index contributed by atoms with van der Waals surface area (Å²) in [5.41, 5.74) is 4.15. The van der Waals surface area contributed by atoms with Gasteiger partial charge in [-0.1, -0.05) is 53.6 Å². The molecule has 168 valence electrons. The van der Waals surface area contributed by atoms with Crippen LogP contribution in [0, 0.1) is 26.7 Å². The van der Waals surface area contributed by atoms with Crippen LogP contribution in [-0.2, 0) is 4.79 Å². The number of hydrogen-bond acceptors (Lipinski definition) is 3. The number of carbonyl (C=O) groups is 2. The maximum Gasteiger partial charge on any atom is 0.325 e. The van der Waals surface area contributed by atoms with Crippen molar-refractivity contribution in [1.29, 1.82) is 0 Å². The Morgan fingerprint density at radius 2 is 1.70 bits per heavy atom. The highest BCUT2D eigenvalue weighted by Gasteiger charge is 2.60. The number of amides is 3. The fraction of sp³-hybridized carbons (Fsp3) is 0.259. The molecular formula is C27H27N3O3. The van der Waals surface area contributed by atoms with Crippen LogP contribution in [0.3, 0.4) is 0 Å². The van der Waals surface area contributed by atoms with Crippen LogP contribution in [-0.4, -0.2) is 17.7 Å².